The summed E-state index contributed by atoms with van der Waals surface area (Å²) >= 11 is 1.25. The summed E-state index contributed by atoms with van der Waals surface area (Å²) in [6.45, 7) is 0. The van der Waals surface area contributed by atoms with Crippen LogP contribution >= 0.6 is 11.3 Å². The summed E-state index contributed by atoms with van der Waals surface area (Å²) in [5.41, 5.74) is 7.28. The fraction of sp³-hybridized carbons (Fsp3) is 0. The van der Waals surface area contributed by atoms with Crippen molar-refractivity contribution in [2.24, 2.45) is 0 Å². The van der Waals surface area contributed by atoms with Gasteiger partial charge in [-0.05, 0) is 29.8 Å². The van der Waals surface area contributed by atoms with Crippen molar-refractivity contribution in [1.82, 2.24) is 0 Å². The minimum Gasteiger partial charge on any atom is -1.00 e. The number of nitrogen functional groups attached to an aromatic ring is 1. The number of rotatable bonds is 2. The fourth-order valence-corrected chi connectivity index (χ4v) is 2.14. The quantitative estimate of drug-likeness (QED) is 0.568. The molecule has 1 heterocycles. The van der Waals surface area contributed by atoms with E-state index in [1.54, 1.807) is 18.2 Å². The molecule has 16 heavy (non-hydrogen) atoms. The molecule has 2 aromatic rings. The first-order valence-electron chi connectivity index (χ1n) is 4.36. The van der Waals surface area contributed by atoms with Crippen LogP contribution in [0.5, 0.6) is 0 Å². The topological polar surface area (TPSA) is 63.3 Å². The third kappa shape index (κ3) is 2.86. The van der Waals surface area contributed by atoms with Gasteiger partial charge >= 0.3 is 35.5 Å². The third-order valence-electron chi connectivity index (χ3n) is 1.99. The summed E-state index contributed by atoms with van der Waals surface area (Å²) in [5, 5.41) is 8.79. The van der Waals surface area contributed by atoms with E-state index in [0.29, 0.717) is 10.6 Å². The average molecular weight is 243 g/mol. The van der Waals surface area contributed by atoms with Gasteiger partial charge in [-0.2, -0.15) is 0 Å². The largest absolute Gasteiger partial charge is 1.00 e. The Hall–Kier alpha value is -0.810. The van der Waals surface area contributed by atoms with Gasteiger partial charge in [-0.1, -0.05) is 12.1 Å². The van der Waals surface area contributed by atoms with E-state index >= 15 is 0 Å². The van der Waals surface area contributed by atoms with E-state index in [0.717, 1.165) is 10.4 Å². The maximum Gasteiger partial charge on any atom is 1.00 e. The van der Waals surface area contributed by atoms with Crippen molar-refractivity contribution in [1.29, 1.82) is 0 Å². The van der Waals surface area contributed by atoms with Gasteiger partial charge in [-0.25, -0.2) is 4.79 Å². The maximum atomic E-state index is 10.7. The van der Waals surface area contributed by atoms with Crippen molar-refractivity contribution in [2.75, 3.05) is 5.73 Å². The molecule has 0 aliphatic rings. The average Bonchev–Trinajstić information content (AvgIpc) is 2.66. The Balaban J connectivity index is 0.00000128. The van der Waals surface area contributed by atoms with Gasteiger partial charge in [0.1, 0.15) is 4.88 Å². The molecule has 0 atom stereocenters. The molecule has 0 fully saturated rings. The van der Waals surface area contributed by atoms with E-state index in [9.17, 15) is 4.79 Å². The minimum absolute atomic E-state index is 0. The Morgan fingerprint density at radius 3 is 2.62 bits per heavy atom. The molecule has 0 radical (unpaired) electrons. The van der Waals surface area contributed by atoms with E-state index in [2.05, 4.69) is 0 Å². The number of carboxylic acids is 1. The summed E-state index contributed by atoms with van der Waals surface area (Å²) in [5.74, 6) is -0.893. The Labute approximate surface area is 121 Å². The molecule has 5 heteroatoms. The smallest absolute Gasteiger partial charge is 1.00 e. The van der Waals surface area contributed by atoms with E-state index < -0.39 is 5.97 Å². The van der Waals surface area contributed by atoms with Crippen LogP contribution in [0.15, 0.2) is 36.4 Å². The number of benzene rings is 1. The van der Waals surface area contributed by atoms with E-state index in [4.69, 9.17) is 10.8 Å². The van der Waals surface area contributed by atoms with Gasteiger partial charge in [-0.3, -0.25) is 0 Å². The molecule has 0 aliphatic heterocycles. The molecule has 0 amide bonds. The molecule has 1 aromatic carbocycles. The number of thiophene rings is 1. The summed E-state index contributed by atoms with van der Waals surface area (Å²) in [6.07, 6.45) is 0. The zero-order valence-corrected chi connectivity index (χ0v) is 11.6. The summed E-state index contributed by atoms with van der Waals surface area (Å²) in [6, 6.07) is 10.8. The van der Waals surface area contributed by atoms with Gasteiger partial charge in [0, 0.05) is 10.6 Å². The number of aromatic carboxylic acids is 1. The van der Waals surface area contributed by atoms with Crippen molar-refractivity contribution in [2.45, 2.75) is 0 Å². The Kier molecular flexibility index (Phi) is 4.56. The zero-order chi connectivity index (χ0) is 10.8. The SMILES string of the molecule is Nc1cccc(-c2ccc(C(=O)O)s2)c1.[H-].[Na+]. The monoisotopic (exact) mass is 243 g/mol. The molecule has 0 saturated heterocycles. The molecule has 1 aromatic heterocycles. The second-order valence-electron chi connectivity index (χ2n) is 3.09. The summed E-state index contributed by atoms with van der Waals surface area (Å²) < 4.78 is 0. The van der Waals surface area contributed by atoms with Crippen LogP contribution in [0.4, 0.5) is 5.69 Å². The molecule has 78 valence electrons. The van der Waals surface area contributed by atoms with Crippen molar-refractivity contribution >= 4 is 23.0 Å². The number of carbonyl (C=O) groups is 1. The second-order valence-corrected chi connectivity index (χ2v) is 4.18. The Bertz CT molecular complexity index is 516. The molecular weight excluding hydrogens is 233 g/mol. The van der Waals surface area contributed by atoms with Gasteiger partial charge in [0.25, 0.3) is 0 Å². The predicted molar refractivity (Wildman–Crippen MR) is 62.2 cm³/mol. The van der Waals surface area contributed by atoms with Crippen LogP contribution in [0.2, 0.25) is 0 Å². The molecule has 0 saturated carbocycles. The fourth-order valence-electron chi connectivity index (χ4n) is 1.30. The molecule has 2 rings (SSSR count). The maximum absolute atomic E-state index is 10.7. The summed E-state index contributed by atoms with van der Waals surface area (Å²) in [4.78, 5) is 12.0. The van der Waals surface area contributed by atoms with Gasteiger partial charge in [-0.15, -0.1) is 11.3 Å². The molecule has 3 nitrogen and oxygen atoms in total. The molecule has 0 bridgehead atoms. The van der Waals surface area contributed by atoms with E-state index in [1.807, 2.05) is 18.2 Å². The van der Waals surface area contributed by atoms with Crippen LogP contribution in [0.1, 0.15) is 11.1 Å². The number of hydrogen-bond acceptors (Lipinski definition) is 3. The van der Waals surface area contributed by atoms with Crippen molar-refractivity contribution < 1.29 is 40.9 Å². The van der Waals surface area contributed by atoms with Crippen LogP contribution < -0.4 is 35.3 Å². The van der Waals surface area contributed by atoms with Crippen molar-refractivity contribution in [3.8, 4) is 10.4 Å². The predicted octanol–water partition coefficient (Wildman–Crippen LogP) is -0.188. The second kappa shape index (κ2) is 5.50. The number of hydrogen-bond donors (Lipinski definition) is 2. The van der Waals surface area contributed by atoms with Crippen LogP contribution in [0.25, 0.3) is 10.4 Å². The third-order valence-corrected chi connectivity index (χ3v) is 3.11. The van der Waals surface area contributed by atoms with Gasteiger partial charge in [0.2, 0.25) is 0 Å². The first-order chi connectivity index (χ1) is 7.16. The van der Waals surface area contributed by atoms with Gasteiger partial charge in [0.05, 0.1) is 0 Å². The zero-order valence-electron chi connectivity index (χ0n) is 9.81. The van der Waals surface area contributed by atoms with Crippen LogP contribution in [0, 0.1) is 0 Å². The van der Waals surface area contributed by atoms with E-state index in [-0.39, 0.29) is 31.0 Å². The van der Waals surface area contributed by atoms with Gasteiger partial charge < -0.3 is 12.3 Å². The normalized spacial score (nSPS) is 9.50. The molecular formula is C11H10NNaO2S. The molecule has 0 spiro atoms. The van der Waals surface area contributed by atoms with E-state index in [1.165, 1.54) is 11.3 Å². The van der Waals surface area contributed by atoms with Crippen molar-refractivity contribution in [3.63, 3.8) is 0 Å². The molecule has 0 unspecified atom stereocenters. The van der Waals surface area contributed by atoms with Crippen LogP contribution in [0.3, 0.4) is 0 Å². The molecule has 3 N–H and O–H groups in total. The summed E-state index contributed by atoms with van der Waals surface area (Å²) in [7, 11) is 0. The van der Waals surface area contributed by atoms with Gasteiger partial charge in [0.15, 0.2) is 0 Å². The van der Waals surface area contributed by atoms with Crippen LogP contribution in [-0.2, 0) is 0 Å². The Morgan fingerprint density at radius 1 is 1.31 bits per heavy atom. The first-order valence-corrected chi connectivity index (χ1v) is 5.17. The first kappa shape index (κ1) is 13.3. The minimum atomic E-state index is -0.893. The number of nitrogens with two attached hydrogens (primary N) is 1. The number of carboxylic acid groups (broad SMARTS) is 1. The number of anilines is 1. The molecule has 0 aliphatic carbocycles. The Morgan fingerprint density at radius 2 is 2.06 bits per heavy atom. The van der Waals surface area contributed by atoms with Crippen molar-refractivity contribution in [3.05, 3.63) is 41.3 Å². The van der Waals surface area contributed by atoms with Crippen LogP contribution in [-0.4, -0.2) is 11.1 Å². The standard InChI is InChI=1S/C11H9NO2S.Na.H/c12-8-3-1-2-7(6-8)9-4-5-10(15-9)11(13)14;;/h1-6H,12H2,(H,13,14);;/q;+1;-1.